The molecule has 16 heavy (non-hydrogen) atoms. The molecule has 1 aliphatic heterocycles. The molecule has 1 fully saturated rings. The molecule has 4 heteroatoms. The number of aryl methyl sites for hydroxylation is 2. The summed E-state index contributed by atoms with van der Waals surface area (Å²) < 4.78 is 5.41. The molecule has 88 valence electrons. The van der Waals surface area contributed by atoms with Crippen LogP contribution < -0.4 is 5.32 Å². The Kier molecular flexibility index (Phi) is 3.10. The molecule has 1 atom stereocenters. The standard InChI is InChI=1S/C12H19N3O/c1-4-10-7-11(14-9(2)13-10)15-12(3)5-6-16-8-12/h7H,4-6,8H2,1-3H3,(H,13,14,15). The predicted molar refractivity (Wildman–Crippen MR) is 63.6 cm³/mol. The van der Waals surface area contributed by atoms with E-state index in [4.69, 9.17) is 4.74 Å². The molecule has 0 amide bonds. The molecule has 1 unspecified atom stereocenters. The van der Waals surface area contributed by atoms with Crippen molar-refractivity contribution < 1.29 is 4.74 Å². The number of anilines is 1. The molecule has 2 rings (SSSR count). The molecule has 0 aromatic carbocycles. The fraction of sp³-hybridized carbons (Fsp3) is 0.667. The van der Waals surface area contributed by atoms with Crippen molar-refractivity contribution in [3.8, 4) is 0 Å². The minimum atomic E-state index is 0.0196. The Morgan fingerprint density at radius 1 is 1.50 bits per heavy atom. The topological polar surface area (TPSA) is 47.0 Å². The van der Waals surface area contributed by atoms with Gasteiger partial charge in [0.2, 0.25) is 0 Å². The minimum Gasteiger partial charge on any atom is -0.379 e. The van der Waals surface area contributed by atoms with Crippen molar-refractivity contribution in [2.24, 2.45) is 0 Å². The maximum absolute atomic E-state index is 5.41. The first-order chi connectivity index (χ1) is 7.61. The Balaban J connectivity index is 2.17. The molecule has 1 aromatic heterocycles. The number of hydrogen-bond acceptors (Lipinski definition) is 4. The van der Waals surface area contributed by atoms with Gasteiger partial charge in [-0.2, -0.15) is 0 Å². The SMILES string of the molecule is CCc1cc(NC2(C)CCOC2)nc(C)n1. The lowest BCUT2D eigenvalue weighted by Gasteiger charge is -2.24. The summed E-state index contributed by atoms with van der Waals surface area (Å²) in [7, 11) is 0. The third kappa shape index (κ3) is 2.50. The van der Waals surface area contributed by atoms with Crippen LogP contribution >= 0.6 is 0 Å². The fourth-order valence-electron chi connectivity index (χ4n) is 1.95. The van der Waals surface area contributed by atoms with E-state index < -0.39 is 0 Å². The molecule has 0 radical (unpaired) electrons. The average molecular weight is 221 g/mol. The van der Waals surface area contributed by atoms with Crippen LogP contribution in [0.25, 0.3) is 0 Å². The summed E-state index contributed by atoms with van der Waals surface area (Å²) in [6, 6.07) is 2.02. The highest BCUT2D eigenvalue weighted by atomic mass is 16.5. The van der Waals surface area contributed by atoms with E-state index >= 15 is 0 Å². The van der Waals surface area contributed by atoms with Gasteiger partial charge < -0.3 is 10.1 Å². The summed E-state index contributed by atoms with van der Waals surface area (Å²) in [5.74, 6) is 1.74. The van der Waals surface area contributed by atoms with Crippen LogP contribution in [0.2, 0.25) is 0 Å². The molecule has 0 spiro atoms. The summed E-state index contributed by atoms with van der Waals surface area (Å²) in [6.45, 7) is 7.78. The lowest BCUT2D eigenvalue weighted by molar-refractivity contribution is 0.185. The van der Waals surface area contributed by atoms with E-state index in [2.05, 4.69) is 29.1 Å². The van der Waals surface area contributed by atoms with Crippen molar-refractivity contribution in [1.82, 2.24) is 9.97 Å². The van der Waals surface area contributed by atoms with Gasteiger partial charge in [-0.3, -0.25) is 0 Å². The van der Waals surface area contributed by atoms with E-state index in [1.54, 1.807) is 0 Å². The van der Waals surface area contributed by atoms with Gasteiger partial charge in [0, 0.05) is 18.4 Å². The summed E-state index contributed by atoms with van der Waals surface area (Å²) >= 11 is 0. The number of nitrogens with zero attached hydrogens (tertiary/aromatic N) is 2. The highest BCUT2D eigenvalue weighted by molar-refractivity contribution is 5.39. The van der Waals surface area contributed by atoms with Gasteiger partial charge in [-0.15, -0.1) is 0 Å². The first-order valence-corrected chi connectivity index (χ1v) is 5.82. The molecule has 4 nitrogen and oxygen atoms in total. The molecule has 1 saturated heterocycles. The molecule has 2 heterocycles. The molecular formula is C12H19N3O. The average Bonchev–Trinajstić information content (AvgIpc) is 2.63. The summed E-state index contributed by atoms with van der Waals surface area (Å²) in [5, 5.41) is 3.46. The van der Waals surface area contributed by atoms with Crippen molar-refractivity contribution in [2.75, 3.05) is 18.5 Å². The number of hydrogen-bond donors (Lipinski definition) is 1. The van der Waals surface area contributed by atoms with E-state index in [-0.39, 0.29) is 5.54 Å². The van der Waals surface area contributed by atoms with E-state index in [1.165, 1.54) is 0 Å². The summed E-state index contributed by atoms with van der Waals surface area (Å²) in [4.78, 5) is 8.78. The van der Waals surface area contributed by atoms with Gasteiger partial charge in [0.25, 0.3) is 0 Å². The highest BCUT2D eigenvalue weighted by Gasteiger charge is 2.29. The maximum atomic E-state index is 5.41. The van der Waals surface area contributed by atoms with Gasteiger partial charge in [-0.1, -0.05) is 6.92 Å². The van der Waals surface area contributed by atoms with Crippen LogP contribution in [0, 0.1) is 6.92 Å². The second kappa shape index (κ2) is 4.37. The first kappa shape index (κ1) is 11.3. The van der Waals surface area contributed by atoms with Crippen LogP contribution in [-0.4, -0.2) is 28.7 Å². The smallest absolute Gasteiger partial charge is 0.130 e. The zero-order chi connectivity index (χ0) is 11.6. The van der Waals surface area contributed by atoms with Gasteiger partial charge in [0.05, 0.1) is 12.1 Å². The number of aromatic nitrogens is 2. The second-order valence-corrected chi connectivity index (χ2v) is 4.63. The normalized spacial score (nSPS) is 24.7. The van der Waals surface area contributed by atoms with Crippen LogP contribution in [0.5, 0.6) is 0 Å². The van der Waals surface area contributed by atoms with Gasteiger partial charge >= 0.3 is 0 Å². The van der Waals surface area contributed by atoms with Crippen molar-refractivity contribution in [3.05, 3.63) is 17.6 Å². The van der Waals surface area contributed by atoms with Crippen molar-refractivity contribution >= 4 is 5.82 Å². The molecule has 0 bridgehead atoms. The summed E-state index contributed by atoms with van der Waals surface area (Å²) in [6.07, 6.45) is 1.96. The van der Waals surface area contributed by atoms with Gasteiger partial charge in [0.1, 0.15) is 11.6 Å². The van der Waals surface area contributed by atoms with Crippen LogP contribution in [0.4, 0.5) is 5.82 Å². The lowest BCUT2D eigenvalue weighted by Crippen LogP contribution is -2.35. The van der Waals surface area contributed by atoms with Gasteiger partial charge in [-0.25, -0.2) is 9.97 Å². The Morgan fingerprint density at radius 3 is 2.94 bits per heavy atom. The second-order valence-electron chi connectivity index (χ2n) is 4.63. The molecule has 1 N–H and O–H groups in total. The van der Waals surface area contributed by atoms with Crippen molar-refractivity contribution in [1.29, 1.82) is 0 Å². The number of rotatable bonds is 3. The Hall–Kier alpha value is -1.16. The van der Waals surface area contributed by atoms with Crippen LogP contribution in [0.1, 0.15) is 31.8 Å². The zero-order valence-corrected chi connectivity index (χ0v) is 10.2. The zero-order valence-electron chi connectivity index (χ0n) is 10.2. The molecular weight excluding hydrogens is 202 g/mol. The van der Waals surface area contributed by atoms with Crippen LogP contribution in [0.3, 0.4) is 0 Å². The maximum Gasteiger partial charge on any atom is 0.130 e. The largest absolute Gasteiger partial charge is 0.379 e. The monoisotopic (exact) mass is 221 g/mol. The Morgan fingerprint density at radius 2 is 2.31 bits per heavy atom. The third-order valence-electron chi connectivity index (χ3n) is 2.90. The molecule has 0 aliphatic carbocycles. The van der Waals surface area contributed by atoms with E-state index in [0.717, 1.165) is 43.4 Å². The van der Waals surface area contributed by atoms with Gasteiger partial charge in [0.15, 0.2) is 0 Å². The fourth-order valence-corrected chi connectivity index (χ4v) is 1.95. The van der Waals surface area contributed by atoms with E-state index in [0.29, 0.717) is 0 Å². The lowest BCUT2D eigenvalue weighted by atomic mass is 10.0. The predicted octanol–water partition coefficient (Wildman–Crippen LogP) is 1.94. The molecule has 1 aromatic rings. The number of nitrogens with one attached hydrogen (secondary N) is 1. The highest BCUT2D eigenvalue weighted by Crippen LogP contribution is 2.23. The third-order valence-corrected chi connectivity index (χ3v) is 2.90. The quantitative estimate of drug-likeness (QED) is 0.847. The Bertz CT molecular complexity index is 373. The van der Waals surface area contributed by atoms with E-state index in [1.807, 2.05) is 13.0 Å². The number of ether oxygens (including phenoxy) is 1. The van der Waals surface area contributed by atoms with Crippen molar-refractivity contribution in [3.63, 3.8) is 0 Å². The van der Waals surface area contributed by atoms with E-state index in [9.17, 15) is 0 Å². The van der Waals surface area contributed by atoms with Gasteiger partial charge in [-0.05, 0) is 26.7 Å². The molecule has 0 saturated carbocycles. The molecule has 1 aliphatic rings. The van der Waals surface area contributed by atoms with Crippen LogP contribution in [0.15, 0.2) is 6.07 Å². The van der Waals surface area contributed by atoms with Crippen molar-refractivity contribution in [2.45, 2.75) is 39.2 Å². The first-order valence-electron chi connectivity index (χ1n) is 5.82. The minimum absolute atomic E-state index is 0.0196. The van der Waals surface area contributed by atoms with Crippen LogP contribution in [-0.2, 0) is 11.2 Å². The summed E-state index contributed by atoms with van der Waals surface area (Å²) in [5.41, 5.74) is 1.10. The Labute approximate surface area is 96.4 Å².